The van der Waals surface area contributed by atoms with E-state index in [0.29, 0.717) is 12.0 Å². The highest BCUT2D eigenvalue weighted by Gasteiger charge is 2.08. The summed E-state index contributed by atoms with van der Waals surface area (Å²) < 4.78 is 0. The number of aromatic hydroxyl groups is 1. The van der Waals surface area contributed by atoms with Gasteiger partial charge in [0.25, 0.3) is 0 Å². The maximum absolute atomic E-state index is 11.5. The Kier molecular flexibility index (Phi) is 5.83. The minimum absolute atomic E-state index is 0.00989. The predicted molar refractivity (Wildman–Crippen MR) is 74.6 cm³/mol. The first-order chi connectivity index (χ1) is 9.38. The Labute approximate surface area is 117 Å². The van der Waals surface area contributed by atoms with Crippen LogP contribution in [-0.2, 0) is 17.8 Å². The zero-order valence-electron chi connectivity index (χ0n) is 11.6. The molecule has 6 heteroatoms. The highest BCUT2D eigenvalue weighted by atomic mass is 16.4. The lowest BCUT2D eigenvalue weighted by Gasteiger charge is -2.13. The monoisotopic (exact) mass is 280 g/mol. The summed E-state index contributed by atoms with van der Waals surface area (Å²) in [5.41, 5.74) is 1.51. The normalized spacial score (nSPS) is 10.3. The molecule has 4 N–H and O–H groups in total. The third-order valence-electron chi connectivity index (χ3n) is 2.66. The number of amides is 2. The topological polar surface area (TPSA) is 98.7 Å². The number of hydrogen-bond acceptors (Lipinski definition) is 3. The van der Waals surface area contributed by atoms with Gasteiger partial charge in [0.2, 0.25) is 0 Å². The van der Waals surface area contributed by atoms with Crippen LogP contribution in [0.5, 0.6) is 5.75 Å². The molecule has 0 aliphatic heterocycles. The van der Waals surface area contributed by atoms with Crippen LogP contribution >= 0.6 is 0 Å². The van der Waals surface area contributed by atoms with Gasteiger partial charge in [-0.2, -0.15) is 0 Å². The molecule has 0 bridgehead atoms. The SMILES string of the molecule is CC(C)NC(=O)NCc1cc(O)ccc1CCC(=O)O. The van der Waals surface area contributed by atoms with Gasteiger partial charge in [-0.05, 0) is 43.5 Å². The van der Waals surface area contributed by atoms with E-state index in [1.54, 1.807) is 6.07 Å². The Morgan fingerprint density at radius 1 is 1.25 bits per heavy atom. The van der Waals surface area contributed by atoms with E-state index in [1.807, 2.05) is 13.8 Å². The zero-order chi connectivity index (χ0) is 15.1. The second kappa shape index (κ2) is 7.37. The molecule has 0 atom stereocenters. The van der Waals surface area contributed by atoms with E-state index in [9.17, 15) is 14.7 Å². The highest BCUT2D eigenvalue weighted by molar-refractivity contribution is 5.74. The van der Waals surface area contributed by atoms with Crippen molar-refractivity contribution in [2.24, 2.45) is 0 Å². The van der Waals surface area contributed by atoms with E-state index in [2.05, 4.69) is 10.6 Å². The Bertz CT molecular complexity index is 486. The summed E-state index contributed by atoms with van der Waals surface area (Å²) in [6.07, 6.45) is 0.369. The summed E-state index contributed by atoms with van der Waals surface area (Å²) in [5, 5.41) is 23.6. The second-order valence-electron chi connectivity index (χ2n) is 4.83. The quantitative estimate of drug-likeness (QED) is 0.636. The number of rotatable bonds is 6. The molecular formula is C14H20N2O4. The standard InChI is InChI=1S/C14H20N2O4/c1-9(2)16-14(20)15-8-11-7-12(17)5-3-10(11)4-6-13(18)19/h3,5,7,9,17H,4,6,8H2,1-2H3,(H,18,19)(H2,15,16,20). The lowest BCUT2D eigenvalue weighted by atomic mass is 10.0. The number of carbonyl (C=O) groups excluding carboxylic acids is 1. The van der Waals surface area contributed by atoms with Crippen molar-refractivity contribution in [1.82, 2.24) is 10.6 Å². The molecule has 0 saturated carbocycles. The van der Waals surface area contributed by atoms with E-state index in [1.165, 1.54) is 12.1 Å². The smallest absolute Gasteiger partial charge is 0.315 e. The number of carbonyl (C=O) groups is 2. The number of phenolic OH excluding ortho intramolecular Hbond substituents is 1. The maximum atomic E-state index is 11.5. The lowest BCUT2D eigenvalue weighted by Crippen LogP contribution is -2.39. The van der Waals surface area contributed by atoms with Crippen molar-refractivity contribution < 1.29 is 19.8 Å². The molecule has 2 amide bonds. The Morgan fingerprint density at radius 3 is 2.55 bits per heavy atom. The molecule has 110 valence electrons. The van der Waals surface area contributed by atoms with E-state index in [0.717, 1.165) is 5.56 Å². The molecule has 0 saturated heterocycles. The van der Waals surface area contributed by atoms with E-state index >= 15 is 0 Å². The first-order valence-electron chi connectivity index (χ1n) is 6.45. The van der Waals surface area contributed by atoms with Crippen LogP contribution in [0, 0.1) is 0 Å². The zero-order valence-corrected chi connectivity index (χ0v) is 11.6. The third-order valence-corrected chi connectivity index (χ3v) is 2.66. The largest absolute Gasteiger partial charge is 0.508 e. The van der Waals surface area contributed by atoms with Crippen LogP contribution in [0.1, 0.15) is 31.4 Å². The van der Waals surface area contributed by atoms with Gasteiger partial charge in [-0.1, -0.05) is 6.07 Å². The van der Waals surface area contributed by atoms with Crippen molar-refractivity contribution in [3.63, 3.8) is 0 Å². The summed E-state index contributed by atoms with van der Waals surface area (Å²) in [5.74, 6) is -0.792. The molecular weight excluding hydrogens is 260 g/mol. The molecule has 0 spiro atoms. The van der Waals surface area contributed by atoms with E-state index in [-0.39, 0.29) is 30.8 Å². The van der Waals surface area contributed by atoms with Crippen LogP contribution < -0.4 is 10.6 Å². The van der Waals surface area contributed by atoms with Crippen molar-refractivity contribution >= 4 is 12.0 Å². The van der Waals surface area contributed by atoms with Crippen molar-refractivity contribution in [2.45, 2.75) is 39.3 Å². The van der Waals surface area contributed by atoms with Crippen molar-refractivity contribution in [2.75, 3.05) is 0 Å². The number of benzene rings is 1. The summed E-state index contributed by atoms with van der Waals surface area (Å²) in [4.78, 5) is 22.1. The number of aryl methyl sites for hydroxylation is 1. The number of aliphatic carboxylic acids is 1. The average molecular weight is 280 g/mol. The summed E-state index contributed by atoms with van der Waals surface area (Å²) in [7, 11) is 0. The first kappa shape index (κ1) is 15.8. The molecule has 0 aromatic heterocycles. The summed E-state index contributed by atoms with van der Waals surface area (Å²) in [6.45, 7) is 3.94. The van der Waals surface area contributed by atoms with Gasteiger partial charge in [-0.3, -0.25) is 4.79 Å². The summed E-state index contributed by atoms with van der Waals surface area (Å²) in [6, 6.07) is 4.45. The number of urea groups is 1. The number of nitrogens with one attached hydrogen (secondary N) is 2. The fourth-order valence-corrected chi connectivity index (χ4v) is 1.75. The van der Waals surface area contributed by atoms with Gasteiger partial charge >= 0.3 is 12.0 Å². The fourth-order valence-electron chi connectivity index (χ4n) is 1.75. The molecule has 0 heterocycles. The second-order valence-corrected chi connectivity index (χ2v) is 4.83. The first-order valence-corrected chi connectivity index (χ1v) is 6.45. The summed E-state index contributed by atoms with van der Waals surface area (Å²) >= 11 is 0. The number of carboxylic acid groups (broad SMARTS) is 1. The molecule has 0 fully saturated rings. The predicted octanol–water partition coefficient (Wildman–Crippen LogP) is 1.62. The van der Waals surface area contributed by atoms with Gasteiger partial charge in [0.15, 0.2) is 0 Å². The molecule has 1 aromatic carbocycles. The molecule has 1 aromatic rings. The van der Waals surface area contributed by atoms with Crippen LogP contribution in [0.15, 0.2) is 18.2 Å². The van der Waals surface area contributed by atoms with Crippen LogP contribution in [0.25, 0.3) is 0 Å². The van der Waals surface area contributed by atoms with Gasteiger partial charge in [0.1, 0.15) is 5.75 Å². The Hall–Kier alpha value is -2.24. The van der Waals surface area contributed by atoms with Gasteiger partial charge in [-0.25, -0.2) is 4.79 Å². The van der Waals surface area contributed by atoms with Crippen LogP contribution in [-0.4, -0.2) is 28.3 Å². The highest BCUT2D eigenvalue weighted by Crippen LogP contribution is 2.18. The van der Waals surface area contributed by atoms with Crippen LogP contribution in [0.2, 0.25) is 0 Å². The van der Waals surface area contributed by atoms with Gasteiger partial charge in [-0.15, -0.1) is 0 Å². The van der Waals surface area contributed by atoms with Gasteiger partial charge in [0, 0.05) is 19.0 Å². The molecule has 0 aliphatic carbocycles. The van der Waals surface area contributed by atoms with Crippen LogP contribution in [0.4, 0.5) is 4.79 Å². The lowest BCUT2D eigenvalue weighted by molar-refractivity contribution is -0.136. The maximum Gasteiger partial charge on any atom is 0.315 e. The average Bonchev–Trinajstić information content (AvgIpc) is 2.34. The number of phenols is 1. The minimum atomic E-state index is -0.880. The van der Waals surface area contributed by atoms with E-state index < -0.39 is 5.97 Å². The van der Waals surface area contributed by atoms with Crippen molar-refractivity contribution in [3.8, 4) is 5.75 Å². The van der Waals surface area contributed by atoms with E-state index in [4.69, 9.17) is 5.11 Å². The third kappa shape index (κ3) is 5.60. The van der Waals surface area contributed by atoms with Gasteiger partial charge < -0.3 is 20.8 Å². The van der Waals surface area contributed by atoms with Crippen molar-refractivity contribution in [1.29, 1.82) is 0 Å². The Morgan fingerprint density at radius 2 is 1.95 bits per heavy atom. The molecule has 0 radical (unpaired) electrons. The molecule has 0 unspecified atom stereocenters. The molecule has 20 heavy (non-hydrogen) atoms. The minimum Gasteiger partial charge on any atom is -0.508 e. The number of carboxylic acids is 1. The molecule has 1 rings (SSSR count). The number of hydrogen-bond donors (Lipinski definition) is 4. The fraction of sp³-hybridized carbons (Fsp3) is 0.429. The molecule has 0 aliphatic rings. The van der Waals surface area contributed by atoms with Crippen LogP contribution in [0.3, 0.4) is 0 Å². The Balaban J connectivity index is 2.69. The van der Waals surface area contributed by atoms with Gasteiger partial charge in [0.05, 0.1) is 0 Å². The van der Waals surface area contributed by atoms with Crippen molar-refractivity contribution in [3.05, 3.63) is 29.3 Å². The molecule has 6 nitrogen and oxygen atoms in total.